The Morgan fingerprint density at radius 1 is 1.22 bits per heavy atom. The van der Waals surface area contributed by atoms with Crippen molar-refractivity contribution in [3.63, 3.8) is 0 Å². The molecule has 0 heterocycles. The van der Waals surface area contributed by atoms with Crippen molar-refractivity contribution in [2.75, 3.05) is 0 Å². The quantitative estimate of drug-likeness (QED) is 0.762. The van der Waals surface area contributed by atoms with Crippen molar-refractivity contribution in [3.8, 4) is 0 Å². The second-order valence-electron chi connectivity index (χ2n) is 3.95. The molecule has 0 atom stereocenters. The molecule has 1 amide bonds. The van der Waals surface area contributed by atoms with Gasteiger partial charge in [-0.25, -0.2) is 0 Å². The zero-order valence-electron chi connectivity index (χ0n) is 9.49. The summed E-state index contributed by atoms with van der Waals surface area (Å²) in [6.45, 7) is 0. The predicted octanol–water partition coefficient (Wildman–Crippen LogP) is 3.74. The van der Waals surface area contributed by atoms with Gasteiger partial charge in [0.2, 0.25) is 5.91 Å². The number of rotatable bonds is 3. The van der Waals surface area contributed by atoms with Crippen LogP contribution in [0, 0.1) is 3.57 Å². The third-order valence-electron chi connectivity index (χ3n) is 2.62. The van der Waals surface area contributed by atoms with Crippen LogP contribution in [-0.2, 0) is 6.42 Å². The third kappa shape index (κ3) is 3.11. The van der Waals surface area contributed by atoms with E-state index < -0.39 is 5.91 Å². The van der Waals surface area contributed by atoms with Crippen LogP contribution in [0.1, 0.15) is 21.5 Å². The SMILES string of the molecule is NC(=O)c1cc(Br)cc(Cc2ccccc2)c1I. The lowest BCUT2D eigenvalue weighted by Gasteiger charge is -2.09. The minimum absolute atomic E-state index is 0.394. The zero-order valence-corrected chi connectivity index (χ0v) is 13.2. The van der Waals surface area contributed by atoms with Crippen LogP contribution in [0.15, 0.2) is 46.9 Å². The Kier molecular flexibility index (Phi) is 4.40. The van der Waals surface area contributed by atoms with Crippen molar-refractivity contribution in [2.24, 2.45) is 5.73 Å². The van der Waals surface area contributed by atoms with E-state index in [0.29, 0.717) is 5.56 Å². The Labute approximate surface area is 128 Å². The van der Waals surface area contributed by atoms with E-state index >= 15 is 0 Å². The lowest BCUT2D eigenvalue weighted by molar-refractivity contribution is 0.0999. The molecule has 2 N–H and O–H groups in total. The molecule has 0 fully saturated rings. The molecule has 0 spiro atoms. The number of halogens is 2. The van der Waals surface area contributed by atoms with E-state index in [1.54, 1.807) is 6.07 Å². The first-order chi connectivity index (χ1) is 8.58. The Bertz CT molecular complexity index is 584. The Balaban J connectivity index is 2.42. The van der Waals surface area contributed by atoms with Crippen LogP contribution in [-0.4, -0.2) is 5.91 Å². The van der Waals surface area contributed by atoms with Gasteiger partial charge in [0, 0.05) is 8.04 Å². The number of amides is 1. The highest BCUT2D eigenvalue weighted by Gasteiger charge is 2.12. The molecule has 2 nitrogen and oxygen atoms in total. The van der Waals surface area contributed by atoms with Crippen molar-refractivity contribution in [3.05, 3.63) is 67.2 Å². The van der Waals surface area contributed by atoms with E-state index in [1.807, 2.05) is 24.3 Å². The van der Waals surface area contributed by atoms with Gasteiger partial charge in [0.15, 0.2) is 0 Å². The number of carbonyl (C=O) groups is 1. The fourth-order valence-electron chi connectivity index (χ4n) is 1.77. The molecule has 2 aromatic carbocycles. The van der Waals surface area contributed by atoms with Crippen LogP contribution in [0.3, 0.4) is 0 Å². The molecule has 0 aliphatic rings. The molecule has 0 radical (unpaired) electrons. The first kappa shape index (κ1) is 13.5. The molecule has 0 aliphatic carbocycles. The average Bonchev–Trinajstić information content (AvgIpc) is 2.34. The standard InChI is InChI=1S/C14H11BrINO/c15-11-7-10(6-9-4-2-1-3-5-9)13(16)12(8-11)14(17)18/h1-5,7-8H,6H2,(H2,17,18). The fraction of sp³-hybridized carbons (Fsp3) is 0.0714. The summed E-state index contributed by atoms with van der Waals surface area (Å²) < 4.78 is 1.80. The maximum Gasteiger partial charge on any atom is 0.249 e. The Morgan fingerprint density at radius 3 is 2.50 bits per heavy atom. The molecule has 4 heteroatoms. The molecule has 2 aromatic rings. The molecule has 0 bridgehead atoms. The minimum atomic E-state index is -0.394. The van der Waals surface area contributed by atoms with Gasteiger partial charge < -0.3 is 5.73 Å². The van der Waals surface area contributed by atoms with Crippen molar-refractivity contribution < 1.29 is 4.79 Å². The van der Waals surface area contributed by atoms with E-state index in [4.69, 9.17) is 5.73 Å². The van der Waals surface area contributed by atoms with E-state index in [9.17, 15) is 4.79 Å². The highest BCUT2D eigenvalue weighted by molar-refractivity contribution is 14.1. The molecule has 0 saturated carbocycles. The van der Waals surface area contributed by atoms with Crippen LogP contribution in [0.4, 0.5) is 0 Å². The Hall–Kier alpha value is -0.880. The maximum absolute atomic E-state index is 11.4. The largest absolute Gasteiger partial charge is 0.366 e. The molecular weight excluding hydrogens is 405 g/mol. The van der Waals surface area contributed by atoms with Gasteiger partial charge in [-0.15, -0.1) is 0 Å². The zero-order chi connectivity index (χ0) is 13.1. The van der Waals surface area contributed by atoms with Crippen LogP contribution in [0.2, 0.25) is 0 Å². The molecule has 92 valence electrons. The van der Waals surface area contributed by atoms with E-state index in [0.717, 1.165) is 20.0 Å². The molecule has 2 rings (SSSR count). The highest BCUT2D eigenvalue weighted by atomic mass is 127. The number of benzene rings is 2. The number of primary amides is 1. The van der Waals surface area contributed by atoms with Crippen molar-refractivity contribution in [1.82, 2.24) is 0 Å². The second-order valence-corrected chi connectivity index (χ2v) is 5.95. The topological polar surface area (TPSA) is 43.1 Å². The Morgan fingerprint density at radius 2 is 1.89 bits per heavy atom. The van der Waals surface area contributed by atoms with Gasteiger partial charge in [0.25, 0.3) is 0 Å². The maximum atomic E-state index is 11.4. The lowest BCUT2D eigenvalue weighted by Crippen LogP contribution is -2.14. The second kappa shape index (κ2) is 5.84. The van der Waals surface area contributed by atoms with Crippen molar-refractivity contribution >= 4 is 44.4 Å². The molecule has 18 heavy (non-hydrogen) atoms. The van der Waals surface area contributed by atoms with Gasteiger partial charge in [0.05, 0.1) is 5.56 Å². The fourth-order valence-corrected chi connectivity index (χ4v) is 3.04. The summed E-state index contributed by atoms with van der Waals surface area (Å²) in [6, 6.07) is 13.9. The molecule has 0 aliphatic heterocycles. The number of hydrogen-bond acceptors (Lipinski definition) is 1. The van der Waals surface area contributed by atoms with Crippen LogP contribution < -0.4 is 5.73 Å². The first-order valence-corrected chi connectivity index (χ1v) is 7.27. The average molecular weight is 416 g/mol. The summed E-state index contributed by atoms with van der Waals surface area (Å²) in [4.78, 5) is 11.4. The van der Waals surface area contributed by atoms with Crippen LogP contribution >= 0.6 is 38.5 Å². The highest BCUT2D eigenvalue weighted by Crippen LogP contribution is 2.25. The smallest absolute Gasteiger partial charge is 0.249 e. The van der Waals surface area contributed by atoms with Gasteiger partial charge in [-0.05, 0) is 52.3 Å². The van der Waals surface area contributed by atoms with E-state index in [2.05, 4.69) is 50.7 Å². The third-order valence-corrected chi connectivity index (χ3v) is 4.35. The summed E-state index contributed by atoms with van der Waals surface area (Å²) in [6.07, 6.45) is 0.791. The summed E-state index contributed by atoms with van der Waals surface area (Å²) in [7, 11) is 0. The molecule has 0 aromatic heterocycles. The number of nitrogens with two attached hydrogens (primary N) is 1. The van der Waals surface area contributed by atoms with E-state index in [1.165, 1.54) is 5.56 Å². The molecule has 0 saturated heterocycles. The predicted molar refractivity (Wildman–Crippen MR) is 84.6 cm³/mol. The van der Waals surface area contributed by atoms with Crippen molar-refractivity contribution in [2.45, 2.75) is 6.42 Å². The normalized spacial score (nSPS) is 10.3. The van der Waals surface area contributed by atoms with Gasteiger partial charge in [-0.2, -0.15) is 0 Å². The van der Waals surface area contributed by atoms with Gasteiger partial charge in [0.1, 0.15) is 0 Å². The van der Waals surface area contributed by atoms with Gasteiger partial charge in [-0.3, -0.25) is 4.79 Å². The van der Waals surface area contributed by atoms with E-state index in [-0.39, 0.29) is 0 Å². The van der Waals surface area contributed by atoms with Crippen molar-refractivity contribution in [1.29, 1.82) is 0 Å². The first-order valence-electron chi connectivity index (χ1n) is 5.39. The molecule has 0 unspecified atom stereocenters. The summed E-state index contributed by atoms with van der Waals surface area (Å²) in [5.74, 6) is -0.394. The number of hydrogen-bond donors (Lipinski definition) is 1. The van der Waals surface area contributed by atoms with Gasteiger partial charge in [-0.1, -0.05) is 46.3 Å². The summed E-state index contributed by atoms with van der Waals surface area (Å²) in [5.41, 5.74) is 8.26. The minimum Gasteiger partial charge on any atom is -0.366 e. The number of carbonyl (C=O) groups excluding carboxylic acids is 1. The van der Waals surface area contributed by atoms with Crippen LogP contribution in [0.25, 0.3) is 0 Å². The molecular formula is C14H11BrINO. The van der Waals surface area contributed by atoms with Crippen LogP contribution in [0.5, 0.6) is 0 Å². The summed E-state index contributed by atoms with van der Waals surface area (Å²) in [5, 5.41) is 0. The summed E-state index contributed by atoms with van der Waals surface area (Å²) >= 11 is 5.60. The lowest BCUT2D eigenvalue weighted by atomic mass is 10.0. The van der Waals surface area contributed by atoms with Gasteiger partial charge >= 0.3 is 0 Å². The monoisotopic (exact) mass is 415 g/mol.